The Morgan fingerprint density at radius 1 is 1.86 bits per heavy atom. The van der Waals surface area contributed by atoms with Crippen molar-refractivity contribution >= 4 is 5.97 Å². The average molecular weight is 205 g/mol. The van der Waals surface area contributed by atoms with E-state index in [0.29, 0.717) is 6.61 Å². The van der Waals surface area contributed by atoms with E-state index in [2.05, 4.69) is 5.43 Å². The molecule has 3 atom stereocenters. The normalized spacial score (nSPS) is 30.5. The van der Waals surface area contributed by atoms with E-state index in [9.17, 15) is 4.79 Å². The van der Waals surface area contributed by atoms with Crippen molar-refractivity contribution in [2.24, 2.45) is 5.73 Å². The molecule has 1 aliphatic heterocycles. The van der Waals surface area contributed by atoms with Gasteiger partial charge in [-0.3, -0.25) is 0 Å². The van der Waals surface area contributed by atoms with Crippen molar-refractivity contribution in [3.8, 4) is 0 Å². The van der Waals surface area contributed by atoms with Gasteiger partial charge in [0, 0.05) is 13.1 Å². The molecule has 1 saturated heterocycles. The van der Waals surface area contributed by atoms with Gasteiger partial charge in [-0.15, -0.1) is 0 Å². The topological polar surface area (TPSA) is 97.0 Å². The van der Waals surface area contributed by atoms with Crippen LogP contribution >= 0.6 is 0 Å². The Kier molecular flexibility index (Phi) is 3.78. The standard InChI is InChI=1S/C7H15N3O4/c1-4(8)3-13-7-10(2)9-5(14-7)6(11)12/h4-5,7,9H,3,8H2,1-2H3,(H,11,12). The summed E-state index contributed by atoms with van der Waals surface area (Å²) < 4.78 is 10.2. The number of rotatable bonds is 4. The number of hydrazine groups is 1. The third-order valence-electron chi connectivity index (χ3n) is 1.62. The van der Waals surface area contributed by atoms with Gasteiger partial charge >= 0.3 is 5.97 Å². The smallest absolute Gasteiger partial charge is 0.349 e. The molecule has 0 bridgehead atoms. The van der Waals surface area contributed by atoms with E-state index in [1.165, 1.54) is 5.01 Å². The van der Waals surface area contributed by atoms with Gasteiger partial charge in [-0.05, 0) is 6.92 Å². The van der Waals surface area contributed by atoms with Crippen LogP contribution in [0.25, 0.3) is 0 Å². The van der Waals surface area contributed by atoms with Crippen molar-refractivity contribution in [2.45, 2.75) is 25.6 Å². The van der Waals surface area contributed by atoms with Crippen LogP contribution in [0.15, 0.2) is 0 Å². The molecule has 82 valence electrons. The van der Waals surface area contributed by atoms with Gasteiger partial charge in [-0.1, -0.05) is 0 Å². The zero-order valence-electron chi connectivity index (χ0n) is 8.14. The Morgan fingerprint density at radius 3 is 2.93 bits per heavy atom. The van der Waals surface area contributed by atoms with Crippen LogP contribution in [0.5, 0.6) is 0 Å². The van der Waals surface area contributed by atoms with Crippen LogP contribution in [0.1, 0.15) is 6.92 Å². The molecule has 1 rings (SSSR count). The maximum Gasteiger partial charge on any atom is 0.349 e. The number of aliphatic carboxylic acids is 1. The van der Waals surface area contributed by atoms with Crippen LogP contribution in [0.3, 0.4) is 0 Å². The summed E-state index contributed by atoms with van der Waals surface area (Å²) in [6, 6.07) is -0.115. The predicted octanol–water partition coefficient (Wildman–Crippen LogP) is -1.49. The minimum atomic E-state index is -1.08. The SMILES string of the molecule is CC(N)COC1OC(C(=O)O)NN1C. The van der Waals surface area contributed by atoms with Crippen molar-refractivity contribution in [3.05, 3.63) is 0 Å². The average Bonchev–Trinajstić information content (AvgIpc) is 2.43. The molecule has 0 aromatic rings. The van der Waals surface area contributed by atoms with E-state index in [0.717, 1.165) is 0 Å². The summed E-state index contributed by atoms with van der Waals surface area (Å²) in [5.41, 5.74) is 8.05. The van der Waals surface area contributed by atoms with Gasteiger partial charge in [0.2, 0.25) is 12.6 Å². The molecular weight excluding hydrogens is 190 g/mol. The van der Waals surface area contributed by atoms with Gasteiger partial charge < -0.3 is 20.3 Å². The molecule has 0 aliphatic carbocycles. The van der Waals surface area contributed by atoms with E-state index in [4.69, 9.17) is 20.3 Å². The van der Waals surface area contributed by atoms with E-state index in [1.54, 1.807) is 14.0 Å². The molecule has 7 nitrogen and oxygen atoms in total. The number of carbonyl (C=O) groups is 1. The van der Waals surface area contributed by atoms with E-state index in [1.807, 2.05) is 0 Å². The van der Waals surface area contributed by atoms with E-state index < -0.39 is 18.6 Å². The van der Waals surface area contributed by atoms with Crippen LogP contribution < -0.4 is 11.2 Å². The van der Waals surface area contributed by atoms with Crippen molar-refractivity contribution in [1.29, 1.82) is 0 Å². The quantitative estimate of drug-likeness (QED) is 0.514. The Bertz CT molecular complexity index is 211. The van der Waals surface area contributed by atoms with Gasteiger partial charge in [-0.25, -0.2) is 10.2 Å². The predicted molar refractivity (Wildman–Crippen MR) is 46.8 cm³/mol. The molecule has 1 fully saturated rings. The number of carboxylic acid groups (broad SMARTS) is 1. The van der Waals surface area contributed by atoms with Crippen LogP contribution in [-0.2, 0) is 14.3 Å². The van der Waals surface area contributed by atoms with E-state index in [-0.39, 0.29) is 6.04 Å². The maximum absolute atomic E-state index is 10.5. The molecule has 1 heterocycles. The highest BCUT2D eigenvalue weighted by atomic mass is 16.7. The first-order valence-corrected chi connectivity index (χ1v) is 4.25. The van der Waals surface area contributed by atoms with Crippen molar-refractivity contribution in [3.63, 3.8) is 0 Å². The van der Waals surface area contributed by atoms with Crippen molar-refractivity contribution < 1.29 is 19.4 Å². The summed E-state index contributed by atoms with van der Waals surface area (Å²) in [5, 5.41) is 10.1. The molecule has 1 aliphatic rings. The molecule has 4 N–H and O–H groups in total. The third kappa shape index (κ3) is 2.89. The largest absolute Gasteiger partial charge is 0.478 e. The zero-order valence-corrected chi connectivity index (χ0v) is 8.14. The number of nitrogens with zero attached hydrogens (tertiary/aromatic N) is 1. The lowest BCUT2D eigenvalue weighted by atomic mass is 10.4. The Balaban J connectivity index is 2.37. The number of ether oxygens (including phenoxy) is 2. The number of nitrogens with one attached hydrogen (secondary N) is 1. The van der Waals surface area contributed by atoms with Crippen LogP contribution in [0.2, 0.25) is 0 Å². The zero-order chi connectivity index (χ0) is 10.7. The van der Waals surface area contributed by atoms with Gasteiger partial charge in [0.15, 0.2) is 0 Å². The number of hydrogen-bond acceptors (Lipinski definition) is 6. The third-order valence-corrected chi connectivity index (χ3v) is 1.62. The minimum Gasteiger partial charge on any atom is -0.478 e. The highest BCUT2D eigenvalue weighted by molar-refractivity contribution is 5.71. The molecule has 0 aromatic carbocycles. The Labute approximate surface area is 81.7 Å². The van der Waals surface area contributed by atoms with Crippen LogP contribution in [-0.4, -0.2) is 48.4 Å². The Hall–Kier alpha value is -0.730. The van der Waals surface area contributed by atoms with Crippen LogP contribution in [0, 0.1) is 0 Å². The summed E-state index contributed by atoms with van der Waals surface area (Å²) in [6.07, 6.45) is -1.76. The van der Waals surface area contributed by atoms with E-state index >= 15 is 0 Å². The monoisotopic (exact) mass is 205 g/mol. The molecule has 0 spiro atoms. The summed E-state index contributed by atoms with van der Waals surface area (Å²) in [4.78, 5) is 10.5. The fourth-order valence-electron chi connectivity index (χ4n) is 0.983. The molecule has 0 saturated carbocycles. The lowest BCUT2D eigenvalue weighted by molar-refractivity contribution is -0.192. The Morgan fingerprint density at radius 2 is 2.50 bits per heavy atom. The first kappa shape index (κ1) is 11.3. The van der Waals surface area contributed by atoms with Gasteiger partial charge in [-0.2, -0.15) is 5.01 Å². The molecule has 0 aromatic heterocycles. The fraction of sp³-hybridized carbons (Fsp3) is 0.857. The highest BCUT2D eigenvalue weighted by Gasteiger charge is 2.34. The summed E-state index contributed by atoms with van der Waals surface area (Å²) in [7, 11) is 1.63. The number of nitrogens with two attached hydrogens (primary N) is 1. The molecular formula is C7H15N3O4. The molecule has 0 radical (unpaired) electrons. The molecule has 7 heteroatoms. The summed E-state index contributed by atoms with van der Waals surface area (Å²) in [5.74, 6) is -1.08. The second kappa shape index (κ2) is 4.67. The van der Waals surface area contributed by atoms with Gasteiger partial charge in [0.25, 0.3) is 0 Å². The lowest BCUT2D eigenvalue weighted by Gasteiger charge is -2.18. The minimum absolute atomic E-state index is 0.115. The number of hydrogen-bond donors (Lipinski definition) is 3. The summed E-state index contributed by atoms with van der Waals surface area (Å²) in [6.45, 7) is 2.10. The van der Waals surface area contributed by atoms with Gasteiger partial charge in [0.05, 0.1) is 6.61 Å². The lowest BCUT2D eigenvalue weighted by Crippen LogP contribution is -2.40. The second-order valence-corrected chi connectivity index (χ2v) is 3.21. The number of carboxylic acids is 1. The van der Waals surface area contributed by atoms with Crippen LogP contribution in [0.4, 0.5) is 0 Å². The van der Waals surface area contributed by atoms with Crippen molar-refractivity contribution in [2.75, 3.05) is 13.7 Å². The second-order valence-electron chi connectivity index (χ2n) is 3.21. The fourth-order valence-corrected chi connectivity index (χ4v) is 0.983. The highest BCUT2D eigenvalue weighted by Crippen LogP contribution is 2.10. The summed E-state index contributed by atoms with van der Waals surface area (Å²) >= 11 is 0. The maximum atomic E-state index is 10.5. The van der Waals surface area contributed by atoms with Crippen molar-refractivity contribution in [1.82, 2.24) is 10.4 Å². The molecule has 3 unspecified atom stereocenters. The first-order chi connectivity index (χ1) is 6.50. The molecule has 14 heavy (non-hydrogen) atoms. The first-order valence-electron chi connectivity index (χ1n) is 4.25. The van der Waals surface area contributed by atoms with Gasteiger partial charge in [0.1, 0.15) is 0 Å². The molecule has 0 amide bonds.